The summed E-state index contributed by atoms with van der Waals surface area (Å²) < 4.78 is 13.3. The number of nitrogens with two attached hydrogens (primary N) is 1. The maximum Gasteiger partial charge on any atom is 0.144 e. The third-order valence-electron chi connectivity index (χ3n) is 5.89. The molecule has 0 spiro atoms. The molecule has 0 amide bonds. The number of aryl methyl sites for hydroxylation is 1. The van der Waals surface area contributed by atoms with Gasteiger partial charge in [-0.2, -0.15) is 5.10 Å². The van der Waals surface area contributed by atoms with Gasteiger partial charge in [-0.1, -0.05) is 30.3 Å². The molecule has 9 nitrogen and oxygen atoms in total. The first-order chi connectivity index (χ1) is 17.1. The number of benzene rings is 1. The van der Waals surface area contributed by atoms with E-state index in [1.807, 2.05) is 60.1 Å². The average molecular weight is 490 g/mol. The molecular weight excluding hydrogens is 462 g/mol. The van der Waals surface area contributed by atoms with E-state index in [-0.39, 0.29) is 5.84 Å². The van der Waals surface area contributed by atoms with Crippen LogP contribution in [0, 0.1) is 12.3 Å². The van der Waals surface area contributed by atoms with Crippen LogP contribution in [0.1, 0.15) is 10.6 Å². The topological polar surface area (TPSA) is 114 Å². The Morgan fingerprint density at radius 1 is 1.26 bits per heavy atom. The molecule has 4 aromatic rings. The lowest BCUT2D eigenvalue weighted by Gasteiger charge is -2.26. The number of fused-ring (bicyclic) bond motifs is 1. The highest BCUT2D eigenvalue weighted by Gasteiger charge is 2.22. The lowest BCUT2D eigenvalue weighted by molar-refractivity contribution is 0.0322. The average Bonchev–Trinajstić information content (AvgIpc) is 3.46. The summed E-state index contributed by atoms with van der Waals surface area (Å²) in [5.74, 6) is 1.06. The molecule has 5 rings (SSSR count). The summed E-state index contributed by atoms with van der Waals surface area (Å²) in [5.41, 5.74) is 10.6. The van der Waals surface area contributed by atoms with Crippen LogP contribution in [0.15, 0.2) is 53.7 Å². The SMILES string of the molecule is Cc1nn2ccc(OCCN3CCOCC3)cc2c1-c1nc(-c2ccccc2)c(C(N)=NC=N)s1. The highest BCUT2D eigenvalue weighted by molar-refractivity contribution is 7.17. The van der Waals surface area contributed by atoms with Gasteiger partial charge in [0.05, 0.1) is 40.6 Å². The van der Waals surface area contributed by atoms with Crippen molar-refractivity contribution >= 4 is 29.0 Å². The molecule has 0 atom stereocenters. The highest BCUT2D eigenvalue weighted by Crippen LogP contribution is 2.37. The molecule has 0 aliphatic carbocycles. The maximum absolute atomic E-state index is 7.35. The molecule has 0 unspecified atom stereocenters. The third-order valence-corrected chi connectivity index (χ3v) is 6.98. The predicted molar refractivity (Wildman–Crippen MR) is 139 cm³/mol. The van der Waals surface area contributed by atoms with Crippen molar-refractivity contribution in [1.82, 2.24) is 19.5 Å². The van der Waals surface area contributed by atoms with Crippen LogP contribution < -0.4 is 10.5 Å². The number of amidine groups is 1. The fraction of sp³-hybridized carbons (Fsp3) is 0.280. The van der Waals surface area contributed by atoms with Gasteiger partial charge < -0.3 is 15.2 Å². The third kappa shape index (κ3) is 4.95. The van der Waals surface area contributed by atoms with Crippen molar-refractivity contribution in [3.63, 3.8) is 0 Å². The number of rotatable bonds is 8. The van der Waals surface area contributed by atoms with Crippen molar-refractivity contribution in [3.05, 3.63) is 59.2 Å². The van der Waals surface area contributed by atoms with Gasteiger partial charge in [0.25, 0.3) is 0 Å². The van der Waals surface area contributed by atoms with Gasteiger partial charge >= 0.3 is 0 Å². The van der Waals surface area contributed by atoms with E-state index < -0.39 is 0 Å². The number of nitrogens with zero attached hydrogens (tertiary/aromatic N) is 5. The van der Waals surface area contributed by atoms with E-state index in [1.165, 1.54) is 11.3 Å². The standard InChI is InChI=1S/C25H27N7O2S/c1-17-21(25-29-22(18-5-3-2-4-6-18)23(35-25)24(27)28-16-26)20-15-19(7-8-32(20)30-17)34-14-11-31-9-12-33-13-10-31/h2-8,15-16H,9-14H2,1H3,(H3,26,27,28). The predicted octanol–water partition coefficient (Wildman–Crippen LogP) is 3.46. The normalized spacial score (nSPS) is 14.9. The van der Waals surface area contributed by atoms with Gasteiger partial charge in [0, 0.05) is 37.5 Å². The molecule has 1 aromatic carbocycles. The van der Waals surface area contributed by atoms with Crippen LogP contribution in [-0.2, 0) is 4.74 Å². The first-order valence-corrected chi connectivity index (χ1v) is 12.3. The Bertz CT molecular complexity index is 1360. The van der Waals surface area contributed by atoms with Gasteiger partial charge in [0.15, 0.2) is 0 Å². The Labute approximate surface area is 207 Å². The zero-order valence-electron chi connectivity index (χ0n) is 19.5. The van der Waals surface area contributed by atoms with Gasteiger partial charge in [-0.15, -0.1) is 11.3 Å². The first-order valence-electron chi connectivity index (χ1n) is 11.4. The fourth-order valence-corrected chi connectivity index (χ4v) is 5.24. The largest absolute Gasteiger partial charge is 0.492 e. The second-order valence-electron chi connectivity index (χ2n) is 8.16. The van der Waals surface area contributed by atoms with E-state index in [0.29, 0.717) is 6.61 Å². The molecule has 10 heteroatoms. The van der Waals surface area contributed by atoms with Crippen LogP contribution in [0.2, 0.25) is 0 Å². The van der Waals surface area contributed by atoms with Crippen LogP contribution >= 0.6 is 11.3 Å². The number of aliphatic imine (C=N–C) groups is 1. The Kier molecular flexibility index (Phi) is 6.84. The van der Waals surface area contributed by atoms with Crippen LogP contribution in [0.5, 0.6) is 5.75 Å². The van der Waals surface area contributed by atoms with Gasteiger partial charge in [0.2, 0.25) is 0 Å². The summed E-state index contributed by atoms with van der Waals surface area (Å²) in [6.07, 6.45) is 2.86. The number of aromatic nitrogens is 3. The van der Waals surface area contributed by atoms with Crippen molar-refractivity contribution in [1.29, 1.82) is 5.41 Å². The number of ether oxygens (including phenoxy) is 2. The van der Waals surface area contributed by atoms with Gasteiger partial charge in [-0.05, 0) is 13.0 Å². The zero-order chi connectivity index (χ0) is 24.2. The molecule has 35 heavy (non-hydrogen) atoms. The van der Waals surface area contributed by atoms with Gasteiger partial charge in [-0.3, -0.25) is 10.3 Å². The van der Waals surface area contributed by atoms with E-state index in [9.17, 15) is 0 Å². The minimum Gasteiger partial charge on any atom is -0.492 e. The molecule has 1 fully saturated rings. The summed E-state index contributed by atoms with van der Waals surface area (Å²) in [7, 11) is 0. The fourth-order valence-electron chi connectivity index (χ4n) is 4.14. The van der Waals surface area contributed by atoms with E-state index in [0.717, 1.165) is 82.9 Å². The Hall–Kier alpha value is -3.60. The number of hydrogen-bond acceptors (Lipinski definition) is 7. The number of morpholine rings is 1. The minimum absolute atomic E-state index is 0.267. The summed E-state index contributed by atoms with van der Waals surface area (Å²) in [5, 5.41) is 12.8. The monoisotopic (exact) mass is 489 g/mol. The van der Waals surface area contributed by atoms with E-state index in [1.54, 1.807) is 0 Å². The molecule has 180 valence electrons. The summed E-state index contributed by atoms with van der Waals surface area (Å²) in [6.45, 7) is 6.88. The van der Waals surface area contributed by atoms with E-state index in [4.69, 9.17) is 25.6 Å². The molecular formula is C25H27N7O2S. The minimum atomic E-state index is 0.267. The lowest BCUT2D eigenvalue weighted by atomic mass is 10.1. The lowest BCUT2D eigenvalue weighted by Crippen LogP contribution is -2.38. The molecule has 1 aliphatic heterocycles. The van der Waals surface area contributed by atoms with Gasteiger partial charge in [-0.25, -0.2) is 14.5 Å². The highest BCUT2D eigenvalue weighted by atomic mass is 32.1. The van der Waals surface area contributed by atoms with Crippen molar-refractivity contribution < 1.29 is 9.47 Å². The van der Waals surface area contributed by atoms with Crippen LogP contribution in [0.25, 0.3) is 27.3 Å². The van der Waals surface area contributed by atoms with Crippen molar-refractivity contribution in [2.45, 2.75) is 6.92 Å². The van der Waals surface area contributed by atoms with Crippen molar-refractivity contribution in [2.75, 3.05) is 39.5 Å². The number of hydrogen-bond donors (Lipinski definition) is 2. The zero-order valence-corrected chi connectivity index (χ0v) is 20.3. The molecule has 3 aromatic heterocycles. The number of nitrogens with one attached hydrogen (secondary N) is 1. The van der Waals surface area contributed by atoms with E-state index in [2.05, 4.69) is 15.0 Å². The second kappa shape index (κ2) is 10.3. The smallest absolute Gasteiger partial charge is 0.144 e. The molecule has 4 heterocycles. The molecule has 3 N–H and O–H groups in total. The van der Waals surface area contributed by atoms with Crippen molar-refractivity contribution in [3.8, 4) is 27.6 Å². The molecule has 1 saturated heterocycles. The Morgan fingerprint density at radius 3 is 2.83 bits per heavy atom. The molecule has 1 aliphatic rings. The summed E-state index contributed by atoms with van der Waals surface area (Å²) in [4.78, 5) is 12.0. The van der Waals surface area contributed by atoms with Crippen molar-refractivity contribution in [2.24, 2.45) is 10.7 Å². The Morgan fingerprint density at radius 2 is 2.06 bits per heavy atom. The molecule has 0 saturated carbocycles. The van der Waals surface area contributed by atoms with E-state index >= 15 is 0 Å². The van der Waals surface area contributed by atoms with Gasteiger partial charge in [0.1, 0.15) is 29.5 Å². The summed E-state index contributed by atoms with van der Waals surface area (Å²) in [6, 6.07) is 13.8. The van der Waals surface area contributed by atoms with Crippen LogP contribution in [-0.4, -0.2) is 71.1 Å². The second-order valence-corrected chi connectivity index (χ2v) is 9.16. The number of thiazole rings is 1. The summed E-state index contributed by atoms with van der Waals surface area (Å²) >= 11 is 1.45. The molecule has 0 bridgehead atoms. The van der Waals surface area contributed by atoms with Crippen LogP contribution in [0.3, 0.4) is 0 Å². The first kappa shape index (κ1) is 23.2. The molecule has 0 radical (unpaired) electrons. The number of pyridine rings is 1. The Balaban J connectivity index is 1.49. The van der Waals surface area contributed by atoms with Crippen LogP contribution in [0.4, 0.5) is 0 Å². The quantitative estimate of drug-likeness (QED) is 0.289. The maximum atomic E-state index is 7.35.